The molecule has 1 aromatic heterocycles. The molecule has 1 aliphatic heterocycles. The zero-order chi connectivity index (χ0) is 17.1. The molecule has 7 heteroatoms. The standard InChI is InChI=1S/C17H18N2O3S2/c1-11-9-24-16(18-11)12-3-2-4-13(7-12)17(22)19-5-6-23-10-14(19)8-15(20)21/h2-4,7,9,14H,5-6,8,10H2,1H3,(H,20,21). The number of carbonyl (C=O) groups is 2. The highest BCUT2D eigenvalue weighted by molar-refractivity contribution is 7.99. The van der Waals surface area contributed by atoms with Gasteiger partial charge in [-0.25, -0.2) is 4.98 Å². The molecule has 1 saturated heterocycles. The Morgan fingerprint density at radius 3 is 2.96 bits per heavy atom. The molecule has 5 nitrogen and oxygen atoms in total. The Hall–Kier alpha value is -1.86. The Morgan fingerprint density at radius 1 is 1.42 bits per heavy atom. The summed E-state index contributed by atoms with van der Waals surface area (Å²) in [6, 6.07) is 7.17. The van der Waals surface area contributed by atoms with Gasteiger partial charge in [0, 0.05) is 40.3 Å². The quantitative estimate of drug-likeness (QED) is 0.905. The van der Waals surface area contributed by atoms with Gasteiger partial charge < -0.3 is 10.0 Å². The largest absolute Gasteiger partial charge is 0.481 e. The van der Waals surface area contributed by atoms with Crippen molar-refractivity contribution in [2.24, 2.45) is 0 Å². The molecule has 126 valence electrons. The third kappa shape index (κ3) is 3.79. The van der Waals surface area contributed by atoms with Crippen LogP contribution in [0.25, 0.3) is 10.6 Å². The summed E-state index contributed by atoms with van der Waals surface area (Å²) in [5, 5.41) is 11.9. The monoisotopic (exact) mass is 362 g/mol. The minimum atomic E-state index is -0.868. The van der Waals surface area contributed by atoms with Gasteiger partial charge in [0.1, 0.15) is 5.01 Å². The molecule has 24 heavy (non-hydrogen) atoms. The van der Waals surface area contributed by atoms with Gasteiger partial charge in [-0.05, 0) is 19.1 Å². The van der Waals surface area contributed by atoms with Crippen molar-refractivity contribution >= 4 is 35.0 Å². The number of hydrogen-bond donors (Lipinski definition) is 1. The molecule has 1 unspecified atom stereocenters. The Bertz CT molecular complexity index is 760. The van der Waals surface area contributed by atoms with Crippen molar-refractivity contribution in [3.05, 3.63) is 40.9 Å². The number of aliphatic carboxylic acids is 1. The summed E-state index contributed by atoms with van der Waals surface area (Å²) in [4.78, 5) is 30.1. The van der Waals surface area contributed by atoms with Gasteiger partial charge in [-0.3, -0.25) is 9.59 Å². The second-order valence-corrected chi connectivity index (χ2v) is 7.71. The fraction of sp³-hybridized carbons (Fsp3) is 0.353. The molecule has 1 amide bonds. The molecule has 1 fully saturated rings. The van der Waals surface area contributed by atoms with Crippen LogP contribution in [0, 0.1) is 6.92 Å². The van der Waals surface area contributed by atoms with E-state index in [1.54, 1.807) is 34.1 Å². The Labute approximate surface area is 148 Å². The van der Waals surface area contributed by atoms with Crippen molar-refractivity contribution in [1.29, 1.82) is 0 Å². The van der Waals surface area contributed by atoms with Crippen LogP contribution in [-0.4, -0.2) is 51.0 Å². The SMILES string of the molecule is Cc1csc(-c2cccc(C(=O)N3CCSCC3CC(=O)O)c2)n1. The summed E-state index contributed by atoms with van der Waals surface area (Å²) in [5.74, 6) is 0.542. The predicted octanol–water partition coefficient (Wildman–Crippen LogP) is 3.15. The zero-order valence-corrected chi connectivity index (χ0v) is 14.9. The van der Waals surface area contributed by atoms with Crippen molar-refractivity contribution < 1.29 is 14.7 Å². The topological polar surface area (TPSA) is 70.5 Å². The maximum absolute atomic E-state index is 12.9. The van der Waals surface area contributed by atoms with Crippen molar-refractivity contribution in [3.8, 4) is 10.6 Å². The Morgan fingerprint density at radius 2 is 2.25 bits per heavy atom. The average Bonchev–Trinajstić information content (AvgIpc) is 3.01. The molecule has 0 aliphatic carbocycles. The van der Waals surface area contributed by atoms with Gasteiger partial charge in [0.25, 0.3) is 5.91 Å². The molecule has 2 aromatic rings. The highest BCUT2D eigenvalue weighted by Gasteiger charge is 2.29. The van der Waals surface area contributed by atoms with Crippen LogP contribution in [0.2, 0.25) is 0 Å². The Kier molecular flexibility index (Phi) is 5.20. The van der Waals surface area contributed by atoms with Crippen LogP contribution >= 0.6 is 23.1 Å². The minimum absolute atomic E-state index is 0.00982. The Balaban J connectivity index is 1.84. The normalized spacial score (nSPS) is 17.7. The number of rotatable bonds is 4. The molecule has 1 aliphatic rings. The van der Waals surface area contributed by atoms with Crippen molar-refractivity contribution in [2.45, 2.75) is 19.4 Å². The number of hydrogen-bond acceptors (Lipinski definition) is 5. The maximum Gasteiger partial charge on any atom is 0.305 e. The smallest absolute Gasteiger partial charge is 0.305 e. The highest BCUT2D eigenvalue weighted by atomic mass is 32.2. The molecular weight excluding hydrogens is 344 g/mol. The number of carboxylic acid groups (broad SMARTS) is 1. The number of benzene rings is 1. The van der Waals surface area contributed by atoms with Crippen LogP contribution in [0.15, 0.2) is 29.6 Å². The van der Waals surface area contributed by atoms with E-state index in [2.05, 4.69) is 4.98 Å². The fourth-order valence-electron chi connectivity index (χ4n) is 2.73. The van der Waals surface area contributed by atoms with Gasteiger partial charge >= 0.3 is 5.97 Å². The van der Waals surface area contributed by atoms with Crippen molar-refractivity contribution in [3.63, 3.8) is 0 Å². The number of carbonyl (C=O) groups excluding carboxylic acids is 1. The first-order chi connectivity index (χ1) is 11.5. The van der Waals surface area contributed by atoms with E-state index in [0.717, 1.165) is 22.0 Å². The molecule has 1 N–H and O–H groups in total. The fourth-order valence-corrected chi connectivity index (χ4v) is 4.59. The third-order valence-electron chi connectivity index (χ3n) is 3.87. The third-order valence-corrected chi connectivity index (χ3v) is 5.98. The second-order valence-electron chi connectivity index (χ2n) is 5.70. The van der Waals surface area contributed by atoms with E-state index >= 15 is 0 Å². The van der Waals surface area contributed by atoms with Gasteiger partial charge in [0.15, 0.2) is 0 Å². The molecule has 0 saturated carbocycles. The molecular formula is C17H18N2O3S2. The first kappa shape index (κ1) is 17.0. The van der Waals surface area contributed by atoms with E-state index in [0.29, 0.717) is 17.9 Å². The molecule has 2 heterocycles. The lowest BCUT2D eigenvalue weighted by molar-refractivity contribution is -0.138. The number of aromatic nitrogens is 1. The van der Waals surface area contributed by atoms with E-state index in [1.807, 2.05) is 30.5 Å². The number of carboxylic acids is 1. The van der Waals surface area contributed by atoms with Crippen LogP contribution in [0.3, 0.4) is 0 Å². The molecule has 1 atom stereocenters. The minimum Gasteiger partial charge on any atom is -0.481 e. The molecule has 0 spiro atoms. The summed E-state index contributed by atoms with van der Waals surface area (Å²) >= 11 is 3.25. The van der Waals surface area contributed by atoms with E-state index in [9.17, 15) is 9.59 Å². The van der Waals surface area contributed by atoms with Crippen LogP contribution in [0.5, 0.6) is 0 Å². The number of amides is 1. The summed E-state index contributed by atoms with van der Waals surface area (Å²) in [6.07, 6.45) is -0.00982. The van der Waals surface area contributed by atoms with Crippen LogP contribution in [0.1, 0.15) is 22.5 Å². The lowest BCUT2D eigenvalue weighted by atomic mass is 10.1. The van der Waals surface area contributed by atoms with Crippen LogP contribution in [0.4, 0.5) is 0 Å². The van der Waals surface area contributed by atoms with Gasteiger partial charge in [0.2, 0.25) is 0 Å². The van der Waals surface area contributed by atoms with E-state index in [-0.39, 0.29) is 18.4 Å². The lowest BCUT2D eigenvalue weighted by Crippen LogP contribution is -2.47. The molecule has 0 radical (unpaired) electrons. The highest BCUT2D eigenvalue weighted by Crippen LogP contribution is 2.26. The molecule has 3 rings (SSSR count). The van der Waals surface area contributed by atoms with E-state index < -0.39 is 5.97 Å². The van der Waals surface area contributed by atoms with Crippen molar-refractivity contribution in [1.82, 2.24) is 9.88 Å². The summed E-state index contributed by atoms with van der Waals surface area (Å²) in [5.41, 5.74) is 2.46. The molecule has 1 aromatic carbocycles. The summed E-state index contributed by atoms with van der Waals surface area (Å²) < 4.78 is 0. The first-order valence-corrected chi connectivity index (χ1v) is 9.71. The van der Waals surface area contributed by atoms with E-state index in [1.165, 1.54) is 0 Å². The molecule has 0 bridgehead atoms. The van der Waals surface area contributed by atoms with Crippen LogP contribution in [-0.2, 0) is 4.79 Å². The average molecular weight is 362 g/mol. The summed E-state index contributed by atoms with van der Waals surface area (Å²) in [7, 11) is 0. The van der Waals surface area contributed by atoms with Crippen molar-refractivity contribution in [2.75, 3.05) is 18.1 Å². The zero-order valence-electron chi connectivity index (χ0n) is 13.3. The lowest BCUT2D eigenvalue weighted by Gasteiger charge is -2.34. The van der Waals surface area contributed by atoms with E-state index in [4.69, 9.17) is 5.11 Å². The maximum atomic E-state index is 12.9. The first-order valence-electron chi connectivity index (χ1n) is 7.67. The number of aryl methyl sites for hydroxylation is 1. The van der Waals surface area contributed by atoms with Gasteiger partial charge in [-0.1, -0.05) is 12.1 Å². The number of thioether (sulfide) groups is 1. The van der Waals surface area contributed by atoms with Gasteiger partial charge in [-0.2, -0.15) is 11.8 Å². The number of thiazole rings is 1. The summed E-state index contributed by atoms with van der Waals surface area (Å²) in [6.45, 7) is 2.53. The predicted molar refractivity (Wildman–Crippen MR) is 96.7 cm³/mol. The second kappa shape index (κ2) is 7.36. The van der Waals surface area contributed by atoms with Crippen LogP contribution < -0.4 is 0 Å². The van der Waals surface area contributed by atoms with Gasteiger partial charge in [0.05, 0.1) is 12.5 Å². The van der Waals surface area contributed by atoms with Gasteiger partial charge in [-0.15, -0.1) is 11.3 Å². The number of nitrogens with zero attached hydrogens (tertiary/aromatic N) is 2.